The maximum absolute atomic E-state index is 12.2. The van der Waals surface area contributed by atoms with Crippen LogP contribution in [0.5, 0.6) is 0 Å². The summed E-state index contributed by atoms with van der Waals surface area (Å²) in [6.07, 6.45) is 0.911. The average Bonchev–Trinajstić information content (AvgIpc) is 2.93. The molecule has 4 nitrogen and oxygen atoms in total. The quantitative estimate of drug-likeness (QED) is 0.807. The Morgan fingerprint density at radius 1 is 1.17 bits per heavy atom. The standard InChI is InChI=1S/C20H21NO3/c1-13-10-11-21(19(13)22)17-8-9-18(14(2)12-17)15-4-6-16(7-5-15)20(23)24-3/h4-9,12-13H,10-11H2,1-3H3. The molecule has 1 aliphatic rings. The van der Waals surface area contributed by atoms with E-state index in [1.54, 1.807) is 12.1 Å². The van der Waals surface area contributed by atoms with E-state index in [0.717, 1.165) is 35.3 Å². The van der Waals surface area contributed by atoms with Gasteiger partial charge in [0.2, 0.25) is 5.91 Å². The van der Waals surface area contributed by atoms with Gasteiger partial charge in [0.25, 0.3) is 0 Å². The van der Waals surface area contributed by atoms with Gasteiger partial charge in [-0.2, -0.15) is 0 Å². The number of anilines is 1. The number of hydrogen-bond donors (Lipinski definition) is 0. The molecule has 1 fully saturated rings. The largest absolute Gasteiger partial charge is 0.465 e. The summed E-state index contributed by atoms with van der Waals surface area (Å²) >= 11 is 0. The van der Waals surface area contributed by atoms with Gasteiger partial charge in [-0.3, -0.25) is 4.79 Å². The SMILES string of the molecule is COC(=O)c1ccc(-c2ccc(N3CCC(C)C3=O)cc2C)cc1. The van der Waals surface area contributed by atoms with Crippen molar-refractivity contribution in [2.75, 3.05) is 18.6 Å². The minimum Gasteiger partial charge on any atom is -0.465 e. The van der Waals surface area contributed by atoms with Gasteiger partial charge in [0.15, 0.2) is 0 Å². The van der Waals surface area contributed by atoms with Crippen molar-refractivity contribution in [1.82, 2.24) is 0 Å². The van der Waals surface area contributed by atoms with Gasteiger partial charge in [-0.15, -0.1) is 0 Å². The Kier molecular flexibility index (Phi) is 4.38. The van der Waals surface area contributed by atoms with Crippen molar-refractivity contribution in [3.8, 4) is 11.1 Å². The molecule has 2 aromatic rings. The number of methoxy groups -OCH3 is 1. The number of ether oxygens (including phenoxy) is 1. The van der Waals surface area contributed by atoms with Crippen molar-refractivity contribution in [2.45, 2.75) is 20.3 Å². The highest BCUT2D eigenvalue weighted by Crippen LogP contribution is 2.30. The number of carbonyl (C=O) groups excluding carboxylic acids is 2. The minimum absolute atomic E-state index is 0.107. The molecular formula is C20H21NO3. The number of hydrogen-bond acceptors (Lipinski definition) is 3. The lowest BCUT2D eigenvalue weighted by atomic mass is 9.98. The van der Waals surface area contributed by atoms with E-state index in [9.17, 15) is 9.59 Å². The molecule has 0 aliphatic carbocycles. The fourth-order valence-electron chi connectivity index (χ4n) is 3.12. The van der Waals surface area contributed by atoms with Gasteiger partial charge in [-0.1, -0.05) is 25.1 Å². The first-order chi connectivity index (χ1) is 11.5. The predicted molar refractivity (Wildman–Crippen MR) is 94.1 cm³/mol. The molecule has 1 unspecified atom stereocenters. The maximum Gasteiger partial charge on any atom is 0.337 e. The molecule has 3 rings (SSSR count). The molecule has 1 heterocycles. The molecule has 1 saturated heterocycles. The van der Waals surface area contributed by atoms with Crippen LogP contribution >= 0.6 is 0 Å². The fourth-order valence-corrected chi connectivity index (χ4v) is 3.12. The summed E-state index contributed by atoms with van der Waals surface area (Å²) < 4.78 is 4.72. The van der Waals surface area contributed by atoms with Crippen LogP contribution in [0.15, 0.2) is 42.5 Å². The molecule has 124 valence electrons. The molecular weight excluding hydrogens is 302 g/mol. The summed E-state index contributed by atoms with van der Waals surface area (Å²) in [4.78, 5) is 25.6. The van der Waals surface area contributed by atoms with Crippen molar-refractivity contribution >= 4 is 17.6 Å². The zero-order chi connectivity index (χ0) is 17.3. The highest BCUT2D eigenvalue weighted by atomic mass is 16.5. The number of esters is 1. The van der Waals surface area contributed by atoms with Gasteiger partial charge in [-0.25, -0.2) is 4.79 Å². The molecule has 0 bridgehead atoms. The van der Waals surface area contributed by atoms with Crippen LogP contribution in [0.4, 0.5) is 5.69 Å². The molecule has 24 heavy (non-hydrogen) atoms. The normalized spacial score (nSPS) is 17.2. The highest BCUT2D eigenvalue weighted by molar-refractivity contribution is 5.97. The van der Waals surface area contributed by atoms with Crippen LogP contribution in [0, 0.1) is 12.8 Å². The molecule has 1 atom stereocenters. The van der Waals surface area contributed by atoms with Crippen LogP contribution in [0.3, 0.4) is 0 Å². The van der Waals surface area contributed by atoms with Crippen molar-refractivity contribution < 1.29 is 14.3 Å². The number of amides is 1. The van der Waals surface area contributed by atoms with Gasteiger partial charge >= 0.3 is 5.97 Å². The first-order valence-electron chi connectivity index (χ1n) is 8.12. The summed E-state index contributed by atoms with van der Waals surface area (Å²) in [6, 6.07) is 13.4. The molecule has 2 aromatic carbocycles. The van der Waals surface area contributed by atoms with Crippen molar-refractivity contribution in [3.63, 3.8) is 0 Å². The second-order valence-corrected chi connectivity index (χ2v) is 6.25. The number of benzene rings is 2. The van der Waals surface area contributed by atoms with E-state index < -0.39 is 0 Å². The summed E-state index contributed by atoms with van der Waals surface area (Å²) in [5, 5.41) is 0. The third-order valence-corrected chi connectivity index (χ3v) is 4.61. The lowest BCUT2D eigenvalue weighted by Gasteiger charge is -2.18. The van der Waals surface area contributed by atoms with Gasteiger partial charge in [-0.05, 0) is 54.3 Å². The highest BCUT2D eigenvalue weighted by Gasteiger charge is 2.29. The Hall–Kier alpha value is -2.62. The molecule has 4 heteroatoms. The van der Waals surface area contributed by atoms with Gasteiger partial charge in [0, 0.05) is 18.2 Å². The second-order valence-electron chi connectivity index (χ2n) is 6.25. The van der Waals surface area contributed by atoms with E-state index in [1.807, 2.05) is 43.0 Å². The number of aryl methyl sites for hydroxylation is 1. The smallest absolute Gasteiger partial charge is 0.337 e. The van der Waals surface area contributed by atoms with Gasteiger partial charge in [0.05, 0.1) is 12.7 Å². The van der Waals surface area contributed by atoms with E-state index in [-0.39, 0.29) is 17.8 Å². The number of carbonyl (C=O) groups is 2. The first-order valence-corrected chi connectivity index (χ1v) is 8.12. The Labute approximate surface area is 142 Å². The zero-order valence-corrected chi connectivity index (χ0v) is 14.2. The lowest BCUT2D eigenvalue weighted by Crippen LogP contribution is -2.26. The van der Waals surface area contributed by atoms with Crippen LogP contribution in [-0.2, 0) is 9.53 Å². The number of rotatable bonds is 3. The molecule has 0 spiro atoms. The zero-order valence-electron chi connectivity index (χ0n) is 14.2. The van der Waals surface area contributed by atoms with E-state index in [4.69, 9.17) is 4.74 Å². The van der Waals surface area contributed by atoms with Crippen molar-refractivity contribution in [3.05, 3.63) is 53.6 Å². The third-order valence-electron chi connectivity index (χ3n) is 4.61. The summed E-state index contributed by atoms with van der Waals surface area (Å²) in [7, 11) is 1.37. The Morgan fingerprint density at radius 3 is 2.42 bits per heavy atom. The van der Waals surface area contributed by atoms with Gasteiger partial charge in [0.1, 0.15) is 0 Å². The van der Waals surface area contributed by atoms with Crippen LogP contribution in [0.25, 0.3) is 11.1 Å². The van der Waals surface area contributed by atoms with E-state index in [0.29, 0.717) is 5.56 Å². The van der Waals surface area contributed by atoms with Crippen molar-refractivity contribution in [1.29, 1.82) is 0 Å². The van der Waals surface area contributed by atoms with Crippen LogP contribution in [-0.4, -0.2) is 25.5 Å². The van der Waals surface area contributed by atoms with Crippen molar-refractivity contribution in [2.24, 2.45) is 5.92 Å². The first kappa shape index (κ1) is 16.2. The van der Waals surface area contributed by atoms with Gasteiger partial charge < -0.3 is 9.64 Å². The topological polar surface area (TPSA) is 46.6 Å². The summed E-state index contributed by atoms with van der Waals surface area (Å²) in [5.74, 6) is -0.0317. The fraction of sp³-hybridized carbons (Fsp3) is 0.300. The molecule has 1 amide bonds. The third kappa shape index (κ3) is 2.92. The Balaban J connectivity index is 1.87. The molecule has 0 radical (unpaired) electrons. The Morgan fingerprint density at radius 2 is 1.88 bits per heavy atom. The lowest BCUT2D eigenvalue weighted by molar-refractivity contribution is -0.119. The minimum atomic E-state index is -0.338. The van der Waals surface area contributed by atoms with E-state index >= 15 is 0 Å². The maximum atomic E-state index is 12.2. The van der Waals surface area contributed by atoms with Crippen LogP contribution in [0.1, 0.15) is 29.3 Å². The average molecular weight is 323 g/mol. The van der Waals surface area contributed by atoms with E-state index in [1.165, 1.54) is 7.11 Å². The predicted octanol–water partition coefficient (Wildman–Crippen LogP) is 3.82. The van der Waals surface area contributed by atoms with Crippen LogP contribution < -0.4 is 4.90 Å². The van der Waals surface area contributed by atoms with E-state index in [2.05, 4.69) is 6.07 Å². The summed E-state index contributed by atoms with van der Waals surface area (Å²) in [6.45, 7) is 4.80. The molecule has 1 aliphatic heterocycles. The molecule has 0 saturated carbocycles. The monoisotopic (exact) mass is 323 g/mol. The van der Waals surface area contributed by atoms with Crippen LogP contribution in [0.2, 0.25) is 0 Å². The number of nitrogens with zero attached hydrogens (tertiary/aromatic N) is 1. The second kappa shape index (κ2) is 6.48. The summed E-state index contributed by atoms with van der Waals surface area (Å²) in [5.41, 5.74) is 4.72. The molecule has 0 N–H and O–H groups in total. The Bertz CT molecular complexity index is 780. The molecule has 0 aromatic heterocycles.